The highest BCUT2D eigenvalue weighted by molar-refractivity contribution is 6.30. The van der Waals surface area contributed by atoms with Crippen LogP contribution < -0.4 is 16.4 Å². The van der Waals surface area contributed by atoms with Crippen LogP contribution in [0.3, 0.4) is 0 Å². The molecule has 8 nitrogen and oxygen atoms in total. The summed E-state index contributed by atoms with van der Waals surface area (Å²) in [5.74, 6) is 0.508. The SMILES string of the molecule is CC(/C=C(\C)Nc1cc(N)ncn1)=C1\C(=O)NC(C)(c2cccc(Cl)c2)N1C=O. The number of rotatable bonds is 5. The Morgan fingerprint density at radius 3 is 2.72 bits per heavy atom. The number of anilines is 2. The molecule has 1 fully saturated rings. The van der Waals surface area contributed by atoms with Gasteiger partial charge in [0.2, 0.25) is 6.41 Å². The summed E-state index contributed by atoms with van der Waals surface area (Å²) >= 11 is 6.10. The second kappa shape index (κ2) is 7.92. The van der Waals surface area contributed by atoms with Crippen molar-refractivity contribution in [3.05, 3.63) is 70.3 Å². The molecular weight excluding hydrogens is 392 g/mol. The maximum absolute atomic E-state index is 12.8. The minimum Gasteiger partial charge on any atom is -0.384 e. The number of benzene rings is 1. The molecule has 1 saturated heterocycles. The van der Waals surface area contributed by atoms with Gasteiger partial charge in [-0.15, -0.1) is 0 Å². The molecule has 0 spiro atoms. The second-order valence-electron chi connectivity index (χ2n) is 6.82. The largest absolute Gasteiger partial charge is 0.384 e. The molecule has 1 unspecified atom stereocenters. The Bertz CT molecular complexity index is 1040. The van der Waals surface area contributed by atoms with Crippen LogP contribution in [0, 0.1) is 0 Å². The topological polar surface area (TPSA) is 113 Å². The molecule has 0 aliphatic carbocycles. The summed E-state index contributed by atoms with van der Waals surface area (Å²) in [7, 11) is 0. The molecule has 0 saturated carbocycles. The van der Waals surface area contributed by atoms with Crippen LogP contribution in [0.5, 0.6) is 0 Å². The molecule has 4 N–H and O–H groups in total. The summed E-state index contributed by atoms with van der Waals surface area (Å²) in [5, 5.41) is 6.49. The first-order valence-corrected chi connectivity index (χ1v) is 9.19. The number of carbonyl (C=O) groups is 2. The number of hydrogen-bond donors (Lipinski definition) is 3. The van der Waals surface area contributed by atoms with Crippen LogP contribution in [-0.4, -0.2) is 27.2 Å². The monoisotopic (exact) mass is 412 g/mol. The van der Waals surface area contributed by atoms with E-state index < -0.39 is 5.66 Å². The van der Waals surface area contributed by atoms with Crippen molar-refractivity contribution in [3.63, 3.8) is 0 Å². The smallest absolute Gasteiger partial charge is 0.270 e. The minimum atomic E-state index is -1.05. The van der Waals surface area contributed by atoms with Crippen LogP contribution in [0.15, 0.2) is 59.7 Å². The van der Waals surface area contributed by atoms with E-state index >= 15 is 0 Å². The quantitative estimate of drug-likeness (QED) is 0.514. The van der Waals surface area contributed by atoms with Crippen LogP contribution in [0.2, 0.25) is 5.02 Å². The van der Waals surface area contributed by atoms with Crippen molar-refractivity contribution in [1.29, 1.82) is 0 Å². The average molecular weight is 413 g/mol. The van der Waals surface area contributed by atoms with Gasteiger partial charge >= 0.3 is 0 Å². The molecule has 0 radical (unpaired) electrons. The van der Waals surface area contributed by atoms with Gasteiger partial charge in [0.05, 0.1) is 0 Å². The van der Waals surface area contributed by atoms with Gasteiger partial charge in [-0.05, 0) is 50.1 Å². The Balaban J connectivity index is 1.96. The Morgan fingerprint density at radius 2 is 2.07 bits per heavy atom. The second-order valence-corrected chi connectivity index (χ2v) is 7.26. The number of aromatic nitrogens is 2. The third-order valence-electron chi connectivity index (χ3n) is 4.61. The van der Waals surface area contributed by atoms with Crippen molar-refractivity contribution in [1.82, 2.24) is 20.2 Å². The lowest BCUT2D eigenvalue weighted by molar-refractivity contribution is -0.120. The number of nitrogens with zero attached hydrogens (tertiary/aromatic N) is 3. The lowest BCUT2D eigenvalue weighted by atomic mass is 10.0. The number of amides is 2. The number of carbonyl (C=O) groups excluding carboxylic acids is 2. The van der Waals surface area contributed by atoms with E-state index in [4.69, 9.17) is 17.3 Å². The molecule has 1 atom stereocenters. The first kappa shape index (κ1) is 20.3. The van der Waals surface area contributed by atoms with Gasteiger partial charge < -0.3 is 16.4 Å². The average Bonchev–Trinajstić information content (AvgIpc) is 2.92. The van der Waals surface area contributed by atoms with Crippen molar-refractivity contribution in [2.45, 2.75) is 26.4 Å². The number of nitrogens with one attached hydrogen (secondary N) is 2. The van der Waals surface area contributed by atoms with Crippen molar-refractivity contribution < 1.29 is 9.59 Å². The number of nitrogens with two attached hydrogens (primary N) is 1. The molecule has 29 heavy (non-hydrogen) atoms. The lowest BCUT2D eigenvalue weighted by Crippen LogP contribution is -2.45. The summed E-state index contributed by atoms with van der Waals surface area (Å²) in [6.07, 6.45) is 3.75. The Kier molecular flexibility index (Phi) is 5.56. The number of allylic oxidation sites excluding steroid dienone is 3. The molecule has 1 aromatic heterocycles. The molecule has 2 aromatic rings. The molecule has 3 rings (SSSR count). The highest BCUT2D eigenvalue weighted by Gasteiger charge is 2.46. The van der Waals surface area contributed by atoms with Gasteiger partial charge in [0.1, 0.15) is 29.3 Å². The Labute approximate surface area is 173 Å². The number of hydrogen-bond acceptors (Lipinski definition) is 6. The van der Waals surface area contributed by atoms with E-state index in [9.17, 15) is 9.59 Å². The van der Waals surface area contributed by atoms with Gasteiger partial charge in [0, 0.05) is 16.8 Å². The summed E-state index contributed by atoms with van der Waals surface area (Å²) in [4.78, 5) is 34.0. The van der Waals surface area contributed by atoms with Gasteiger partial charge in [0.15, 0.2) is 0 Å². The predicted molar refractivity (Wildman–Crippen MR) is 111 cm³/mol. The zero-order valence-electron chi connectivity index (χ0n) is 16.2. The molecule has 1 aliphatic heterocycles. The molecule has 9 heteroatoms. The van der Waals surface area contributed by atoms with Crippen LogP contribution in [0.25, 0.3) is 0 Å². The maximum atomic E-state index is 12.8. The van der Waals surface area contributed by atoms with Crippen molar-refractivity contribution in [2.75, 3.05) is 11.1 Å². The zero-order valence-corrected chi connectivity index (χ0v) is 17.0. The molecular formula is C20H21ClN6O2. The van der Waals surface area contributed by atoms with Gasteiger partial charge in [0.25, 0.3) is 5.91 Å². The predicted octanol–water partition coefficient (Wildman–Crippen LogP) is 2.76. The highest BCUT2D eigenvalue weighted by atomic mass is 35.5. The van der Waals surface area contributed by atoms with E-state index in [0.717, 1.165) is 0 Å². The summed E-state index contributed by atoms with van der Waals surface area (Å²) < 4.78 is 0. The molecule has 0 bridgehead atoms. The Morgan fingerprint density at radius 1 is 1.31 bits per heavy atom. The van der Waals surface area contributed by atoms with E-state index in [1.807, 2.05) is 13.0 Å². The van der Waals surface area contributed by atoms with Crippen LogP contribution >= 0.6 is 11.6 Å². The van der Waals surface area contributed by atoms with Gasteiger partial charge in [-0.2, -0.15) is 0 Å². The fraction of sp³-hybridized carbons (Fsp3) is 0.200. The Hall–Kier alpha value is -3.39. The molecule has 2 heterocycles. The standard InChI is InChI=1S/C20H21ClN6O2/c1-12(7-13(2)25-17-9-16(22)23-10-24-17)18-19(29)26-20(3,27(18)11-28)14-5-4-6-15(21)8-14/h4-11H,1-3H3,(H,26,29)(H3,22,23,24,25)/b13-7+,18-12-. The molecule has 1 aromatic carbocycles. The fourth-order valence-electron chi connectivity index (χ4n) is 3.28. The normalized spacial score (nSPS) is 21.0. The van der Waals surface area contributed by atoms with Crippen LogP contribution in [-0.2, 0) is 15.3 Å². The van der Waals surface area contributed by atoms with E-state index in [-0.39, 0.29) is 11.6 Å². The summed E-state index contributed by atoms with van der Waals surface area (Å²) in [6.45, 7) is 5.33. The van der Waals surface area contributed by atoms with Crippen molar-refractivity contribution in [2.24, 2.45) is 0 Å². The molecule has 2 amide bonds. The van der Waals surface area contributed by atoms with Crippen LogP contribution in [0.4, 0.5) is 11.6 Å². The fourth-order valence-corrected chi connectivity index (χ4v) is 3.47. The van der Waals surface area contributed by atoms with E-state index in [0.29, 0.717) is 39.9 Å². The number of halogens is 1. The highest BCUT2D eigenvalue weighted by Crippen LogP contribution is 2.35. The molecule has 150 valence electrons. The van der Waals surface area contributed by atoms with Gasteiger partial charge in [-0.1, -0.05) is 23.7 Å². The third kappa shape index (κ3) is 4.07. The van der Waals surface area contributed by atoms with E-state index in [1.54, 1.807) is 44.2 Å². The van der Waals surface area contributed by atoms with Crippen molar-refractivity contribution >= 4 is 35.6 Å². The van der Waals surface area contributed by atoms with Gasteiger partial charge in [-0.25, -0.2) is 9.97 Å². The maximum Gasteiger partial charge on any atom is 0.270 e. The summed E-state index contributed by atoms with van der Waals surface area (Å²) in [6, 6.07) is 8.63. The van der Waals surface area contributed by atoms with Crippen LogP contribution in [0.1, 0.15) is 26.3 Å². The summed E-state index contributed by atoms with van der Waals surface area (Å²) in [5.41, 5.74) is 6.88. The number of nitrogen functional groups attached to an aromatic ring is 1. The first-order chi connectivity index (χ1) is 13.7. The zero-order chi connectivity index (χ0) is 21.2. The van der Waals surface area contributed by atoms with Gasteiger partial charge in [-0.3, -0.25) is 14.5 Å². The lowest BCUT2D eigenvalue weighted by Gasteiger charge is -2.32. The first-order valence-electron chi connectivity index (χ1n) is 8.81. The molecule has 1 aliphatic rings. The third-order valence-corrected chi connectivity index (χ3v) is 4.84. The van der Waals surface area contributed by atoms with Crippen molar-refractivity contribution in [3.8, 4) is 0 Å². The minimum absolute atomic E-state index is 0.255. The van der Waals surface area contributed by atoms with E-state index in [1.165, 1.54) is 11.2 Å². The van der Waals surface area contributed by atoms with E-state index in [2.05, 4.69) is 20.6 Å².